The average molecular weight is 331 g/mol. The summed E-state index contributed by atoms with van der Waals surface area (Å²) in [5.41, 5.74) is 3.75. The van der Waals surface area contributed by atoms with Crippen LogP contribution in [0.3, 0.4) is 0 Å². The lowest BCUT2D eigenvalue weighted by Gasteiger charge is -2.13. The number of hydrogen-bond acceptors (Lipinski definition) is 3. The van der Waals surface area contributed by atoms with E-state index in [9.17, 15) is 9.00 Å². The van der Waals surface area contributed by atoms with Gasteiger partial charge in [-0.05, 0) is 24.5 Å². The Labute approximate surface area is 138 Å². The number of carbonyl (C=O) groups excluding carboxylic acids is 1. The van der Waals surface area contributed by atoms with Gasteiger partial charge in [-0.15, -0.1) is 0 Å². The number of amides is 1. The van der Waals surface area contributed by atoms with E-state index in [4.69, 9.17) is 0 Å². The summed E-state index contributed by atoms with van der Waals surface area (Å²) >= 11 is 0. The van der Waals surface area contributed by atoms with Crippen LogP contribution in [0, 0.1) is 12.8 Å². The molecule has 1 N–H and O–H groups in total. The number of aryl methyl sites for hydroxylation is 1. The minimum atomic E-state index is -0.921. The van der Waals surface area contributed by atoms with E-state index in [1.54, 1.807) is 4.68 Å². The number of anilines is 1. The lowest BCUT2D eigenvalue weighted by atomic mass is 10.1. The molecule has 6 heteroatoms. The van der Waals surface area contributed by atoms with Crippen LogP contribution in [0.15, 0.2) is 24.3 Å². The Balaban J connectivity index is 2.04. The van der Waals surface area contributed by atoms with Gasteiger partial charge in [0.15, 0.2) is 0 Å². The number of aromatic nitrogens is 2. The maximum Gasteiger partial charge on any atom is 0.225 e. The van der Waals surface area contributed by atoms with E-state index in [1.165, 1.54) is 0 Å². The highest BCUT2D eigenvalue weighted by Gasteiger charge is 2.28. The summed E-state index contributed by atoms with van der Waals surface area (Å²) in [7, 11) is -0.921. The van der Waals surface area contributed by atoms with Crippen LogP contribution in [0.4, 0.5) is 5.82 Å². The van der Waals surface area contributed by atoms with Crippen LogP contribution in [0.5, 0.6) is 0 Å². The van der Waals surface area contributed by atoms with E-state index >= 15 is 0 Å². The molecular weight excluding hydrogens is 310 g/mol. The smallest absolute Gasteiger partial charge is 0.225 e. The van der Waals surface area contributed by atoms with Crippen LogP contribution in [0.25, 0.3) is 5.69 Å². The number of hydrogen-bond donors (Lipinski definition) is 1. The first-order valence-corrected chi connectivity index (χ1v) is 9.26. The second-order valence-electron chi connectivity index (χ2n) is 6.35. The molecule has 5 nitrogen and oxygen atoms in total. The van der Waals surface area contributed by atoms with E-state index in [0.717, 1.165) is 22.5 Å². The fourth-order valence-corrected chi connectivity index (χ4v) is 4.05. The molecule has 3 rings (SSSR count). The van der Waals surface area contributed by atoms with Crippen molar-refractivity contribution in [1.82, 2.24) is 9.78 Å². The van der Waals surface area contributed by atoms with Gasteiger partial charge in [-0.1, -0.05) is 32.0 Å². The Morgan fingerprint density at radius 2 is 2.09 bits per heavy atom. The number of para-hydroxylation sites is 1. The minimum absolute atomic E-state index is 0.0322. The largest absolute Gasteiger partial charge is 0.310 e. The third-order valence-corrected chi connectivity index (χ3v) is 5.07. The second kappa shape index (κ2) is 6.28. The van der Waals surface area contributed by atoms with Crippen molar-refractivity contribution in [3.8, 4) is 5.69 Å². The van der Waals surface area contributed by atoms with Crippen LogP contribution in [0.2, 0.25) is 0 Å². The molecule has 122 valence electrons. The molecule has 0 saturated heterocycles. The van der Waals surface area contributed by atoms with E-state index in [2.05, 4.69) is 10.4 Å². The van der Waals surface area contributed by atoms with Crippen molar-refractivity contribution < 1.29 is 9.00 Å². The Hall–Kier alpha value is -1.95. The molecule has 1 aromatic heterocycles. The molecule has 0 saturated carbocycles. The molecule has 0 radical (unpaired) electrons. The van der Waals surface area contributed by atoms with Gasteiger partial charge in [-0.25, -0.2) is 4.68 Å². The second-order valence-corrected chi connectivity index (χ2v) is 7.80. The molecule has 1 aliphatic rings. The van der Waals surface area contributed by atoms with Gasteiger partial charge in [0.2, 0.25) is 5.91 Å². The molecular formula is C17H21N3O2S. The molecule has 0 spiro atoms. The zero-order valence-corrected chi connectivity index (χ0v) is 14.4. The van der Waals surface area contributed by atoms with Gasteiger partial charge in [0.25, 0.3) is 0 Å². The van der Waals surface area contributed by atoms with Gasteiger partial charge in [0, 0.05) is 22.8 Å². The van der Waals surface area contributed by atoms with Gasteiger partial charge in [-0.2, -0.15) is 5.10 Å². The molecule has 0 fully saturated rings. The van der Waals surface area contributed by atoms with Crippen molar-refractivity contribution in [2.24, 2.45) is 5.92 Å². The summed E-state index contributed by atoms with van der Waals surface area (Å²) in [6.45, 7) is 6.04. The number of benzene rings is 1. The molecule has 1 atom stereocenters. The van der Waals surface area contributed by atoms with Crippen molar-refractivity contribution >= 4 is 22.5 Å². The van der Waals surface area contributed by atoms with Crippen LogP contribution in [-0.2, 0) is 27.1 Å². The Morgan fingerprint density at radius 1 is 1.35 bits per heavy atom. The quantitative estimate of drug-likeness (QED) is 0.937. The minimum Gasteiger partial charge on any atom is -0.310 e. The van der Waals surface area contributed by atoms with Crippen LogP contribution >= 0.6 is 0 Å². The highest BCUT2D eigenvalue weighted by molar-refractivity contribution is 7.83. The SMILES string of the molecule is Cc1ccccc1-n1nc2c(c1NC(=O)CC(C)C)C[S@](=O)C2. The number of nitrogens with one attached hydrogen (secondary N) is 1. The summed E-state index contributed by atoms with van der Waals surface area (Å²) in [5, 5.41) is 7.61. The van der Waals surface area contributed by atoms with Crippen LogP contribution in [0.1, 0.15) is 37.1 Å². The highest BCUT2D eigenvalue weighted by atomic mass is 32.2. The standard InChI is InChI=1S/C17H21N3O2S/c1-11(2)8-16(21)18-17-13-9-23(22)10-14(13)19-20(17)15-7-5-4-6-12(15)3/h4-7,11H,8-10H2,1-3H3,(H,18,21)/t23-/m0/s1. The first-order chi connectivity index (χ1) is 11.0. The third kappa shape index (κ3) is 3.22. The average Bonchev–Trinajstić information content (AvgIpc) is 2.96. The fourth-order valence-electron chi connectivity index (χ4n) is 2.79. The number of carbonyl (C=O) groups is 1. The molecule has 23 heavy (non-hydrogen) atoms. The fraction of sp³-hybridized carbons (Fsp3) is 0.412. The van der Waals surface area contributed by atoms with Crippen molar-refractivity contribution in [2.45, 2.75) is 38.7 Å². The Kier molecular flexibility index (Phi) is 4.35. The van der Waals surface area contributed by atoms with Crippen molar-refractivity contribution in [2.75, 3.05) is 5.32 Å². The maximum atomic E-state index is 12.2. The summed E-state index contributed by atoms with van der Waals surface area (Å²) in [6.07, 6.45) is 0.455. The van der Waals surface area contributed by atoms with E-state index in [-0.39, 0.29) is 11.8 Å². The Morgan fingerprint density at radius 3 is 2.78 bits per heavy atom. The van der Waals surface area contributed by atoms with E-state index in [0.29, 0.717) is 23.7 Å². The number of rotatable bonds is 4. The molecule has 1 amide bonds. The lowest BCUT2D eigenvalue weighted by molar-refractivity contribution is -0.116. The van der Waals surface area contributed by atoms with E-state index < -0.39 is 10.8 Å². The zero-order chi connectivity index (χ0) is 16.6. The zero-order valence-electron chi connectivity index (χ0n) is 13.6. The number of fused-ring (bicyclic) bond motifs is 1. The van der Waals surface area contributed by atoms with Gasteiger partial charge in [-0.3, -0.25) is 9.00 Å². The van der Waals surface area contributed by atoms with Gasteiger partial charge >= 0.3 is 0 Å². The van der Waals surface area contributed by atoms with Crippen LogP contribution in [-0.4, -0.2) is 19.9 Å². The summed E-state index contributed by atoms with van der Waals surface area (Å²) < 4.78 is 13.6. The van der Waals surface area contributed by atoms with Crippen molar-refractivity contribution in [1.29, 1.82) is 0 Å². The van der Waals surface area contributed by atoms with Crippen molar-refractivity contribution in [3.63, 3.8) is 0 Å². The van der Waals surface area contributed by atoms with Gasteiger partial charge in [0.1, 0.15) is 5.82 Å². The summed E-state index contributed by atoms with van der Waals surface area (Å²) in [4.78, 5) is 12.2. The molecule has 1 aromatic carbocycles. The van der Waals surface area contributed by atoms with Crippen molar-refractivity contribution in [3.05, 3.63) is 41.1 Å². The third-order valence-electron chi connectivity index (χ3n) is 3.86. The molecule has 2 heterocycles. The lowest BCUT2D eigenvalue weighted by Crippen LogP contribution is -2.18. The van der Waals surface area contributed by atoms with E-state index in [1.807, 2.05) is 45.0 Å². The molecule has 0 aliphatic carbocycles. The molecule has 0 bridgehead atoms. The maximum absolute atomic E-state index is 12.2. The normalized spacial score (nSPS) is 16.6. The summed E-state index contributed by atoms with van der Waals surface area (Å²) in [6, 6.07) is 7.92. The number of nitrogens with zero attached hydrogens (tertiary/aromatic N) is 2. The predicted octanol–water partition coefficient (Wildman–Crippen LogP) is 2.93. The molecule has 1 aliphatic heterocycles. The van der Waals surface area contributed by atoms with Gasteiger partial charge < -0.3 is 5.32 Å². The summed E-state index contributed by atoms with van der Waals surface area (Å²) in [5.74, 6) is 1.84. The topological polar surface area (TPSA) is 64.0 Å². The Bertz CT molecular complexity index is 780. The predicted molar refractivity (Wildman–Crippen MR) is 91.9 cm³/mol. The molecule has 0 unspecified atom stereocenters. The monoisotopic (exact) mass is 331 g/mol. The molecule has 2 aromatic rings. The first-order valence-electron chi connectivity index (χ1n) is 7.77. The highest BCUT2D eigenvalue weighted by Crippen LogP contribution is 2.32. The first kappa shape index (κ1) is 15.9. The van der Waals surface area contributed by atoms with Crippen LogP contribution < -0.4 is 5.32 Å². The van der Waals surface area contributed by atoms with Gasteiger partial charge in [0.05, 0.1) is 22.9 Å².